The number of carbonyl (C=O) groups is 4. The number of ether oxygens (including phenoxy) is 2. The van der Waals surface area contributed by atoms with Gasteiger partial charge in [0, 0.05) is 24.8 Å². The number of amides is 3. The predicted octanol–water partition coefficient (Wildman–Crippen LogP) is 4.55. The second kappa shape index (κ2) is 12.9. The van der Waals surface area contributed by atoms with Crippen LogP contribution in [0.3, 0.4) is 0 Å². The van der Waals surface area contributed by atoms with Crippen molar-refractivity contribution in [2.24, 2.45) is 5.41 Å². The van der Waals surface area contributed by atoms with Crippen molar-refractivity contribution in [1.82, 2.24) is 19.6 Å². The molecule has 2 aromatic heterocycles. The van der Waals surface area contributed by atoms with Crippen LogP contribution in [0.4, 0.5) is 10.6 Å². The zero-order chi connectivity index (χ0) is 32.4. The maximum atomic E-state index is 13.3. The van der Waals surface area contributed by atoms with E-state index in [-0.39, 0.29) is 31.8 Å². The highest BCUT2D eigenvalue weighted by molar-refractivity contribution is 6.09. The van der Waals surface area contributed by atoms with E-state index in [0.29, 0.717) is 59.7 Å². The van der Waals surface area contributed by atoms with Crippen molar-refractivity contribution in [3.8, 4) is 0 Å². The van der Waals surface area contributed by atoms with Crippen LogP contribution in [0, 0.1) is 5.41 Å². The van der Waals surface area contributed by atoms with E-state index in [4.69, 9.17) is 19.3 Å². The van der Waals surface area contributed by atoms with Crippen LogP contribution < -0.4 is 5.32 Å². The van der Waals surface area contributed by atoms with Crippen LogP contribution in [0.2, 0.25) is 0 Å². The third-order valence-corrected chi connectivity index (χ3v) is 7.99. The first-order chi connectivity index (χ1) is 21.4. The van der Waals surface area contributed by atoms with Crippen molar-refractivity contribution in [3.63, 3.8) is 0 Å². The van der Waals surface area contributed by atoms with E-state index in [0.717, 1.165) is 5.39 Å². The van der Waals surface area contributed by atoms with Gasteiger partial charge in [-0.15, -0.1) is 5.06 Å². The molecule has 1 saturated heterocycles. The van der Waals surface area contributed by atoms with E-state index in [2.05, 4.69) is 10.3 Å². The molecule has 0 radical (unpaired) electrons. The average molecular weight is 622 g/mol. The SMILES string of the molecule is CCOCc1nc2c(NC(=O)OC3/C=C/CCC(C)(C(=O)ON4C(=O)CCC4=O)CC3)nc3ccccc3c2n1CC(C)(C)O. The summed E-state index contributed by atoms with van der Waals surface area (Å²) in [5, 5.41) is 14.8. The molecule has 0 spiro atoms. The first-order valence-corrected chi connectivity index (χ1v) is 15.2. The summed E-state index contributed by atoms with van der Waals surface area (Å²) in [7, 11) is 0. The molecule has 13 nitrogen and oxygen atoms in total. The Kier molecular flexibility index (Phi) is 9.21. The lowest BCUT2D eigenvalue weighted by Gasteiger charge is -2.30. The summed E-state index contributed by atoms with van der Waals surface area (Å²) in [6.45, 7) is 7.93. The third-order valence-electron chi connectivity index (χ3n) is 7.99. The van der Waals surface area contributed by atoms with Gasteiger partial charge in [-0.25, -0.2) is 19.6 Å². The highest BCUT2D eigenvalue weighted by atomic mass is 16.7. The minimum absolute atomic E-state index is 0.0163. The second-order valence-electron chi connectivity index (χ2n) is 12.3. The van der Waals surface area contributed by atoms with E-state index >= 15 is 0 Å². The Labute approximate surface area is 260 Å². The van der Waals surface area contributed by atoms with Gasteiger partial charge in [-0.2, -0.15) is 0 Å². The molecular weight excluding hydrogens is 582 g/mol. The largest absolute Gasteiger partial charge is 0.442 e. The quantitative estimate of drug-likeness (QED) is 0.256. The zero-order valence-corrected chi connectivity index (χ0v) is 26.0. The van der Waals surface area contributed by atoms with Gasteiger partial charge in [0.2, 0.25) is 0 Å². The fourth-order valence-corrected chi connectivity index (χ4v) is 5.58. The van der Waals surface area contributed by atoms with Crippen LogP contribution in [0.15, 0.2) is 36.4 Å². The minimum atomic E-state index is -1.06. The number of carbonyl (C=O) groups excluding carboxylic acids is 4. The molecule has 1 aliphatic heterocycles. The Morgan fingerprint density at radius 3 is 2.58 bits per heavy atom. The number of allylic oxidation sites excluding steroid dienone is 1. The first kappa shape index (κ1) is 32.0. The maximum absolute atomic E-state index is 13.3. The van der Waals surface area contributed by atoms with Crippen molar-refractivity contribution >= 4 is 51.6 Å². The van der Waals surface area contributed by atoms with Gasteiger partial charge in [0.1, 0.15) is 24.1 Å². The number of hydrogen-bond acceptors (Lipinski definition) is 10. The topological polar surface area (TPSA) is 162 Å². The lowest BCUT2D eigenvalue weighted by Crippen LogP contribution is -2.40. The van der Waals surface area contributed by atoms with Gasteiger partial charge in [-0.1, -0.05) is 24.3 Å². The number of hydroxylamine groups is 2. The zero-order valence-electron chi connectivity index (χ0n) is 26.0. The summed E-state index contributed by atoms with van der Waals surface area (Å²) in [4.78, 5) is 64.9. The summed E-state index contributed by atoms with van der Waals surface area (Å²) >= 11 is 0. The number of aliphatic hydroxyl groups is 1. The molecule has 5 rings (SSSR count). The van der Waals surface area contributed by atoms with E-state index in [1.54, 1.807) is 26.8 Å². The molecule has 0 saturated carbocycles. The Morgan fingerprint density at radius 1 is 1.13 bits per heavy atom. The van der Waals surface area contributed by atoms with Crippen LogP contribution in [0.25, 0.3) is 21.9 Å². The van der Waals surface area contributed by atoms with E-state index < -0.39 is 41.0 Å². The Bertz CT molecular complexity index is 1640. The number of hydrogen-bond donors (Lipinski definition) is 2. The molecule has 2 unspecified atom stereocenters. The molecule has 2 N–H and O–H groups in total. The highest BCUT2D eigenvalue weighted by Crippen LogP contribution is 2.35. The van der Waals surface area contributed by atoms with Crippen LogP contribution in [-0.2, 0) is 41.8 Å². The number of rotatable bonds is 9. The summed E-state index contributed by atoms with van der Waals surface area (Å²) in [5.74, 6) is -0.963. The Hall–Kier alpha value is -4.36. The predicted molar refractivity (Wildman–Crippen MR) is 163 cm³/mol. The summed E-state index contributed by atoms with van der Waals surface area (Å²) in [6.07, 6.45) is 3.77. The number of anilines is 1. The fraction of sp³-hybridized carbons (Fsp3) is 0.500. The van der Waals surface area contributed by atoms with Gasteiger partial charge in [-0.3, -0.25) is 14.9 Å². The first-order valence-electron chi connectivity index (χ1n) is 15.2. The number of benzene rings is 1. The van der Waals surface area contributed by atoms with Gasteiger partial charge in [0.25, 0.3) is 11.8 Å². The van der Waals surface area contributed by atoms with Crippen LogP contribution in [0.5, 0.6) is 0 Å². The lowest BCUT2D eigenvalue weighted by atomic mass is 9.79. The standard InChI is InChI=1S/C32H39N5O8/c1-5-43-18-23-34-26-27(36(23)19-31(2,3)42)21-11-6-7-12-22(21)33-28(26)35-30(41)44-20-10-8-9-16-32(4,17-15-20)29(40)45-37-24(38)13-14-25(37)39/h6-8,10-12,20,42H,5,9,13-19H2,1-4H3,(H,33,35,41)/b10-8+. The maximum Gasteiger partial charge on any atom is 0.413 e. The van der Waals surface area contributed by atoms with Gasteiger partial charge in [-0.05, 0) is 65.5 Å². The fourth-order valence-electron chi connectivity index (χ4n) is 5.58. The second-order valence-corrected chi connectivity index (χ2v) is 12.3. The number of imide groups is 1. The Balaban J connectivity index is 1.36. The van der Waals surface area contributed by atoms with Crippen LogP contribution in [0.1, 0.15) is 72.0 Å². The summed E-state index contributed by atoms with van der Waals surface area (Å²) in [6, 6.07) is 7.48. The molecule has 240 valence electrons. The summed E-state index contributed by atoms with van der Waals surface area (Å²) in [5.41, 5.74) is -0.309. The molecule has 0 bridgehead atoms. The number of nitrogens with zero attached hydrogens (tertiary/aromatic N) is 4. The van der Waals surface area contributed by atoms with E-state index in [1.165, 1.54) is 0 Å². The van der Waals surface area contributed by atoms with Gasteiger partial charge in [0.15, 0.2) is 5.82 Å². The molecule has 45 heavy (non-hydrogen) atoms. The van der Waals surface area contributed by atoms with Crippen molar-refractivity contribution in [3.05, 3.63) is 42.2 Å². The number of fused-ring (bicyclic) bond motifs is 3. The molecule has 1 aromatic carbocycles. The molecule has 3 aromatic rings. The number of para-hydroxylation sites is 1. The smallest absolute Gasteiger partial charge is 0.413 e. The molecule has 1 fully saturated rings. The van der Waals surface area contributed by atoms with Crippen molar-refractivity contribution in [2.45, 2.75) is 91.1 Å². The Morgan fingerprint density at radius 2 is 1.87 bits per heavy atom. The number of nitrogens with one attached hydrogen (secondary N) is 1. The van der Waals surface area contributed by atoms with Gasteiger partial charge >= 0.3 is 12.1 Å². The summed E-state index contributed by atoms with van der Waals surface area (Å²) < 4.78 is 13.3. The lowest BCUT2D eigenvalue weighted by molar-refractivity contribution is -0.205. The molecule has 13 heteroatoms. The molecule has 3 amide bonds. The number of aromatic nitrogens is 3. The average Bonchev–Trinajstić information content (AvgIpc) is 3.49. The van der Waals surface area contributed by atoms with E-state index in [1.807, 2.05) is 41.8 Å². The van der Waals surface area contributed by atoms with E-state index in [9.17, 15) is 24.3 Å². The van der Waals surface area contributed by atoms with Crippen molar-refractivity contribution < 1.29 is 38.6 Å². The van der Waals surface area contributed by atoms with Crippen molar-refractivity contribution in [1.29, 1.82) is 0 Å². The molecule has 1 aliphatic carbocycles. The monoisotopic (exact) mass is 621 g/mol. The molecule has 2 aliphatic rings. The molecular formula is C32H39N5O8. The highest BCUT2D eigenvalue weighted by Gasteiger charge is 2.41. The molecule has 3 heterocycles. The third kappa shape index (κ3) is 7.15. The van der Waals surface area contributed by atoms with Gasteiger partial charge < -0.3 is 24.0 Å². The minimum Gasteiger partial charge on any atom is -0.442 e. The number of pyridine rings is 1. The van der Waals surface area contributed by atoms with Crippen LogP contribution >= 0.6 is 0 Å². The number of imidazole rings is 1. The normalized spacial score (nSPS) is 21.5. The van der Waals surface area contributed by atoms with Gasteiger partial charge in [0.05, 0.1) is 28.6 Å². The van der Waals surface area contributed by atoms with Crippen LogP contribution in [-0.4, -0.2) is 66.9 Å². The van der Waals surface area contributed by atoms with Crippen molar-refractivity contribution in [2.75, 3.05) is 11.9 Å². The molecule has 2 atom stereocenters.